The second kappa shape index (κ2) is 17.4. The molecule has 2 N–H and O–H groups in total. The van der Waals surface area contributed by atoms with Crippen molar-refractivity contribution >= 4 is 5.97 Å². The number of carbonyl (C=O) groups is 1. The second-order valence-electron chi connectivity index (χ2n) is 8.98. The fourth-order valence-electron chi connectivity index (χ4n) is 4.28. The molecule has 0 aromatic heterocycles. The van der Waals surface area contributed by atoms with Gasteiger partial charge in [-0.1, -0.05) is 44.4 Å². The van der Waals surface area contributed by atoms with E-state index in [1.54, 1.807) is 0 Å². The zero-order valence-corrected chi connectivity index (χ0v) is 20.0. The van der Waals surface area contributed by atoms with Gasteiger partial charge >= 0.3 is 5.97 Å². The van der Waals surface area contributed by atoms with Crippen LogP contribution in [0.25, 0.3) is 0 Å². The molecule has 0 aliphatic heterocycles. The number of rotatable bonds is 17. The molecule has 0 aromatic rings. The SMILES string of the molecule is CCCO[C@@H]1C[C@H](O)C(CCCCC=CC(=O)OC(C)C)[C@H]1C=CCCCCCCO. The fourth-order valence-corrected chi connectivity index (χ4v) is 4.28. The van der Waals surface area contributed by atoms with Gasteiger partial charge in [0.2, 0.25) is 0 Å². The highest BCUT2D eigenvalue weighted by atomic mass is 16.5. The van der Waals surface area contributed by atoms with E-state index in [0.29, 0.717) is 0 Å². The van der Waals surface area contributed by atoms with Crippen LogP contribution in [0.15, 0.2) is 24.3 Å². The Kier molecular flexibility index (Phi) is 15.6. The summed E-state index contributed by atoms with van der Waals surface area (Å²) in [7, 11) is 0. The largest absolute Gasteiger partial charge is 0.460 e. The minimum absolute atomic E-state index is 0.0885. The van der Waals surface area contributed by atoms with Gasteiger partial charge in [0, 0.05) is 31.6 Å². The Morgan fingerprint density at radius 3 is 2.48 bits per heavy atom. The Morgan fingerprint density at radius 2 is 1.77 bits per heavy atom. The Labute approximate surface area is 189 Å². The summed E-state index contributed by atoms with van der Waals surface area (Å²) in [6.45, 7) is 6.83. The van der Waals surface area contributed by atoms with E-state index in [9.17, 15) is 9.90 Å². The van der Waals surface area contributed by atoms with Crippen LogP contribution >= 0.6 is 0 Å². The predicted octanol–water partition coefficient (Wildman–Crippen LogP) is 5.35. The number of hydrogen-bond acceptors (Lipinski definition) is 5. The van der Waals surface area contributed by atoms with Crippen molar-refractivity contribution in [3.63, 3.8) is 0 Å². The fraction of sp³-hybridized carbons (Fsp3) is 0.808. The molecule has 0 amide bonds. The average Bonchev–Trinajstić information content (AvgIpc) is 3.02. The molecule has 5 heteroatoms. The van der Waals surface area contributed by atoms with Crippen molar-refractivity contribution in [1.82, 2.24) is 0 Å². The molecule has 0 bridgehead atoms. The summed E-state index contributed by atoms with van der Waals surface area (Å²) in [5, 5.41) is 19.5. The Bertz CT molecular complexity index is 514. The van der Waals surface area contributed by atoms with Gasteiger partial charge in [-0.15, -0.1) is 0 Å². The zero-order chi connectivity index (χ0) is 22.9. The number of aliphatic hydroxyl groups is 2. The molecule has 0 heterocycles. The van der Waals surface area contributed by atoms with Crippen LogP contribution in [0.5, 0.6) is 0 Å². The van der Waals surface area contributed by atoms with E-state index >= 15 is 0 Å². The van der Waals surface area contributed by atoms with Crippen molar-refractivity contribution in [2.75, 3.05) is 13.2 Å². The molecule has 1 fully saturated rings. The van der Waals surface area contributed by atoms with Crippen LogP contribution in [0.1, 0.15) is 91.4 Å². The van der Waals surface area contributed by atoms with Gasteiger partial charge in [-0.3, -0.25) is 0 Å². The number of aliphatic hydroxyl groups excluding tert-OH is 2. The van der Waals surface area contributed by atoms with Gasteiger partial charge in [-0.05, 0) is 64.7 Å². The molecule has 1 aliphatic carbocycles. The highest BCUT2D eigenvalue weighted by Crippen LogP contribution is 2.39. The van der Waals surface area contributed by atoms with Crippen LogP contribution in [-0.2, 0) is 14.3 Å². The van der Waals surface area contributed by atoms with E-state index in [0.717, 1.165) is 77.2 Å². The molecule has 1 rings (SSSR count). The first-order valence-electron chi connectivity index (χ1n) is 12.4. The summed E-state index contributed by atoms with van der Waals surface area (Å²) in [6.07, 6.45) is 18.5. The van der Waals surface area contributed by atoms with Gasteiger partial charge in [0.1, 0.15) is 0 Å². The molecule has 0 aromatic carbocycles. The van der Waals surface area contributed by atoms with Gasteiger partial charge in [0.15, 0.2) is 0 Å². The molecular weight excluding hydrogens is 392 g/mol. The minimum Gasteiger partial charge on any atom is -0.460 e. The summed E-state index contributed by atoms with van der Waals surface area (Å²) in [5.41, 5.74) is 0. The lowest BCUT2D eigenvalue weighted by atomic mass is 9.88. The third kappa shape index (κ3) is 12.4. The standard InChI is InChI=1S/C26H46O5/c1-4-19-30-25-20-24(28)22(23(25)16-12-7-5-6-10-14-18-27)15-11-8-9-13-17-26(29)31-21(2)3/h12-13,16-17,21-25,27-28H,4-11,14-15,18-20H2,1-3H3/t22?,23-,24+,25-/m1/s1. The molecule has 4 atom stereocenters. The highest BCUT2D eigenvalue weighted by molar-refractivity contribution is 5.81. The second-order valence-corrected chi connectivity index (χ2v) is 8.98. The van der Waals surface area contributed by atoms with Crippen molar-refractivity contribution in [3.8, 4) is 0 Å². The topological polar surface area (TPSA) is 76.0 Å². The third-order valence-electron chi connectivity index (χ3n) is 5.83. The molecule has 1 aliphatic rings. The summed E-state index contributed by atoms with van der Waals surface area (Å²) in [6, 6.07) is 0. The monoisotopic (exact) mass is 438 g/mol. The maximum Gasteiger partial charge on any atom is 0.330 e. The molecule has 1 unspecified atom stereocenters. The van der Waals surface area contributed by atoms with Crippen molar-refractivity contribution in [2.45, 2.75) is 110 Å². The van der Waals surface area contributed by atoms with Crippen LogP contribution in [0.3, 0.4) is 0 Å². The zero-order valence-electron chi connectivity index (χ0n) is 20.0. The van der Waals surface area contributed by atoms with E-state index in [2.05, 4.69) is 19.1 Å². The third-order valence-corrected chi connectivity index (χ3v) is 5.83. The van der Waals surface area contributed by atoms with Crippen LogP contribution in [0.4, 0.5) is 0 Å². The van der Waals surface area contributed by atoms with Crippen molar-refractivity contribution in [3.05, 3.63) is 24.3 Å². The molecule has 180 valence electrons. The van der Waals surface area contributed by atoms with E-state index in [-0.39, 0.29) is 42.7 Å². The van der Waals surface area contributed by atoms with Gasteiger partial charge < -0.3 is 19.7 Å². The van der Waals surface area contributed by atoms with Crippen molar-refractivity contribution < 1.29 is 24.5 Å². The summed E-state index contributed by atoms with van der Waals surface area (Å²) >= 11 is 0. The Balaban J connectivity index is 2.46. The maximum atomic E-state index is 11.5. The van der Waals surface area contributed by atoms with E-state index in [1.807, 2.05) is 19.9 Å². The molecule has 1 saturated carbocycles. The predicted molar refractivity (Wildman–Crippen MR) is 126 cm³/mol. The molecule has 0 spiro atoms. The maximum absolute atomic E-state index is 11.5. The van der Waals surface area contributed by atoms with Crippen molar-refractivity contribution in [2.24, 2.45) is 11.8 Å². The molecule has 31 heavy (non-hydrogen) atoms. The van der Waals surface area contributed by atoms with Gasteiger partial charge in [-0.25, -0.2) is 4.79 Å². The quantitative estimate of drug-likeness (QED) is 0.139. The normalized spacial score (nSPS) is 24.1. The lowest BCUT2D eigenvalue weighted by molar-refractivity contribution is -0.141. The lowest BCUT2D eigenvalue weighted by Crippen LogP contribution is -2.22. The van der Waals surface area contributed by atoms with E-state index in [4.69, 9.17) is 14.6 Å². The van der Waals surface area contributed by atoms with Crippen LogP contribution in [0.2, 0.25) is 0 Å². The number of ether oxygens (including phenoxy) is 2. The Hall–Kier alpha value is -1.17. The lowest BCUT2D eigenvalue weighted by Gasteiger charge is -2.23. The number of allylic oxidation sites excluding steroid dienone is 2. The summed E-state index contributed by atoms with van der Waals surface area (Å²) < 4.78 is 11.2. The first-order valence-corrected chi connectivity index (χ1v) is 12.4. The molecule has 0 radical (unpaired) electrons. The van der Waals surface area contributed by atoms with Crippen molar-refractivity contribution in [1.29, 1.82) is 0 Å². The van der Waals surface area contributed by atoms with Crippen LogP contribution < -0.4 is 0 Å². The van der Waals surface area contributed by atoms with E-state index < -0.39 is 0 Å². The molecular formula is C26H46O5. The molecule has 0 saturated heterocycles. The first kappa shape index (κ1) is 27.9. The highest BCUT2D eigenvalue weighted by Gasteiger charge is 2.41. The van der Waals surface area contributed by atoms with Crippen LogP contribution in [0, 0.1) is 11.8 Å². The molecule has 5 nitrogen and oxygen atoms in total. The average molecular weight is 439 g/mol. The summed E-state index contributed by atoms with van der Waals surface area (Å²) in [4.78, 5) is 11.5. The van der Waals surface area contributed by atoms with Gasteiger partial charge in [0.05, 0.1) is 18.3 Å². The summed E-state index contributed by atoms with van der Waals surface area (Å²) in [5.74, 6) is 0.233. The number of hydrogen-bond donors (Lipinski definition) is 2. The number of carbonyl (C=O) groups excluding carboxylic acids is 1. The minimum atomic E-state index is -0.308. The number of unbranched alkanes of at least 4 members (excludes halogenated alkanes) is 6. The van der Waals surface area contributed by atoms with Crippen LogP contribution in [-0.4, -0.2) is 47.7 Å². The smallest absolute Gasteiger partial charge is 0.330 e. The Morgan fingerprint density at radius 1 is 1.06 bits per heavy atom. The first-order chi connectivity index (χ1) is 15.0. The van der Waals surface area contributed by atoms with Gasteiger partial charge in [0.25, 0.3) is 0 Å². The number of esters is 1. The van der Waals surface area contributed by atoms with E-state index in [1.165, 1.54) is 6.08 Å². The van der Waals surface area contributed by atoms with Gasteiger partial charge in [-0.2, -0.15) is 0 Å².